The zero-order valence-corrected chi connectivity index (χ0v) is 31.2. The predicted molar refractivity (Wildman–Crippen MR) is 181 cm³/mol. The van der Waals surface area contributed by atoms with Gasteiger partial charge < -0.3 is 50.0 Å². The molecule has 0 aromatic rings. The van der Waals surface area contributed by atoms with Crippen LogP contribution in [0, 0.1) is 39.4 Å². The number of aliphatic hydroxyl groups is 7. The lowest BCUT2D eigenvalue weighted by Gasteiger charge is -2.64. The average molecular weight is 735 g/mol. The molecule has 14 atom stereocenters. The molecule has 1 saturated heterocycles. The molecule has 7 N–H and O–H groups in total. The van der Waals surface area contributed by atoms with Gasteiger partial charge in [0, 0.05) is 36.5 Å². The lowest BCUT2D eigenvalue weighted by Crippen LogP contribution is -2.67. The van der Waals surface area contributed by atoms with Crippen LogP contribution in [-0.4, -0.2) is 120 Å². The molecule has 1 aliphatic heterocycles. The maximum absolute atomic E-state index is 14.8. The van der Waals surface area contributed by atoms with Crippen molar-refractivity contribution in [3.63, 3.8) is 0 Å². The number of ketones is 3. The molecular weight excluding hydrogens is 680 g/mol. The van der Waals surface area contributed by atoms with E-state index in [1.807, 2.05) is 6.92 Å². The van der Waals surface area contributed by atoms with Crippen LogP contribution in [0.4, 0.5) is 0 Å². The van der Waals surface area contributed by atoms with E-state index in [4.69, 9.17) is 14.2 Å². The fraction of sp³-hybridized carbons (Fsp3) is 0.737. The number of Topliss-reactive ketones (excluding diaryl/α,β-unsaturated/α-hetero) is 2. The zero-order chi connectivity index (χ0) is 39.3. The van der Waals surface area contributed by atoms with Gasteiger partial charge in [0.1, 0.15) is 41.4 Å². The maximum atomic E-state index is 14.8. The highest BCUT2D eigenvalue weighted by Gasteiger charge is 2.76. The first-order chi connectivity index (χ1) is 23.7. The standard InChI is InChI=1S/C38H54O14/c1-17(40)52-33(2,3)11-10-24(43)38(9,49)30-21(42)14-35(6)29-20(41)12-18-19(37(29,8)25(44)15-36(30,35)7)13-22(31(48)34(18,4)5)50-32-28(47)27(46)26(45)23(16-39)51-32/h10-13,19-21,23,26-30,32,39,41-42,45-47,49H,14-16H2,1-9H3/b11-10+/t19-,20?,21-,23-,26-,27+,28-,29?,30+,32-,35+,36-,37-,38+/m1/s1. The van der Waals surface area contributed by atoms with Crippen LogP contribution in [0.25, 0.3) is 0 Å². The van der Waals surface area contributed by atoms with Crippen molar-refractivity contribution in [3.05, 3.63) is 35.6 Å². The molecule has 5 aliphatic rings. The highest BCUT2D eigenvalue weighted by atomic mass is 16.7. The number of rotatable bonds is 8. The lowest BCUT2D eigenvalue weighted by atomic mass is 9.38. The second-order valence-corrected chi connectivity index (χ2v) is 17.4. The third-order valence-electron chi connectivity index (χ3n) is 13.2. The van der Waals surface area contributed by atoms with Gasteiger partial charge in [-0.15, -0.1) is 0 Å². The van der Waals surface area contributed by atoms with Gasteiger partial charge in [0.15, 0.2) is 11.5 Å². The Morgan fingerprint density at radius 3 is 2.15 bits per heavy atom. The molecule has 0 spiro atoms. The Kier molecular flexibility index (Phi) is 10.0. The molecule has 14 heteroatoms. The Labute approximate surface area is 303 Å². The van der Waals surface area contributed by atoms with Gasteiger partial charge >= 0.3 is 5.97 Å². The number of fused-ring (bicyclic) bond motifs is 5. The van der Waals surface area contributed by atoms with E-state index >= 15 is 0 Å². The van der Waals surface area contributed by atoms with E-state index in [0.717, 1.165) is 6.08 Å². The minimum atomic E-state index is -2.19. The SMILES string of the molecule is CC(=O)OC(C)(C)/C=C/C(=O)[C@](C)(O)[C@H]1[C@H](O)C[C@@]2(C)C3C(O)C=C4[C@@H](C=C(O[C@@H]5O[C@H](CO)[C@@H](O)[C@H](O)[C@H]5O)C(=O)C4(C)C)[C@]3(C)C(=O)C[C@]12C. The summed E-state index contributed by atoms with van der Waals surface area (Å²) < 4.78 is 16.6. The summed E-state index contributed by atoms with van der Waals surface area (Å²) in [5.74, 6) is -5.39. The molecular formula is C38H54O14. The molecule has 3 fully saturated rings. The van der Waals surface area contributed by atoms with Crippen molar-refractivity contribution in [2.45, 2.75) is 129 Å². The Balaban J connectivity index is 1.56. The molecule has 14 nitrogen and oxygen atoms in total. The smallest absolute Gasteiger partial charge is 0.303 e. The van der Waals surface area contributed by atoms with Crippen molar-refractivity contribution >= 4 is 23.3 Å². The highest BCUT2D eigenvalue weighted by Crippen LogP contribution is 2.73. The molecule has 5 rings (SSSR count). The fourth-order valence-corrected chi connectivity index (χ4v) is 10.4. The van der Waals surface area contributed by atoms with E-state index in [0.29, 0.717) is 5.57 Å². The van der Waals surface area contributed by atoms with Gasteiger partial charge in [0.2, 0.25) is 12.1 Å². The van der Waals surface area contributed by atoms with Gasteiger partial charge in [0.25, 0.3) is 0 Å². The van der Waals surface area contributed by atoms with E-state index in [-0.39, 0.29) is 24.4 Å². The molecule has 0 amide bonds. The lowest BCUT2D eigenvalue weighted by molar-refractivity contribution is -0.291. The molecule has 52 heavy (non-hydrogen) atoms. The molecule has 2 saturated carbocycles. The maximum Gasteiger partial charge on any atom is 0.303 e. The number of aliphatic hydroxyl groups excluding tert-OH is 6. The zero-order valence-electron chi connectivity index (χ0n) is 31.2. The minimum absolute atomic E-state index is 0.0149. The van der Waals surface area contributed by atoms with Crippen molar-refractivity contribution in [2.24, 2.45) is 39.4 Å². The number of ether oxygens (including phenoxy) is 3. The van der Waals surface area contributed by atoms with Gasteiger partial charge in [-0.25, -0.2) is 0 Å². The van der Waals surface area contributed by atoms with Crippen LogP contribution in [0.5, 0.6) is 0 Å². The summed E-state index contributed by atoms with van der Waals surface area (Å²) >= 11 is 0. The summed E-state index contributed by atoms with van der Waals surface area (Å²) in [4.78, 5) is 53.9. The summed E-state index contributed by atoms with van der Waals surface area (Å²) in [6, 6.07) is 0. The summed E-state index contributed by atoms with van der Waals surface area (Å²) in [5, 5.41) is 76.6. The van der Waals surface area contributed by atoms with Crippen LogP contribution in [0.2, 0.25) is 0 Å². The van der Waals surface area contributed by atoms with Crippen molar-refractivity contribution in [3.8, 4) is 0 Å². The number of carbonyl (C=O) groups is 4. The van der Waals surface area contributed by atoms with Gasteiger partial charge in [-0.05, 0) is 70.1 Å². The number of hydrogen-bond acceptors (Lipinski definition) is 14. The van der Waals surface area contributed by atoms with Gasteiger partial charge in [-0.1, -0.05) is 32.4 Å². The Morgan fingerprint density at radius 1 is 0.962 bits per heavy atom. The topological polar surface area (TPSA) is 238 Å². The van der Waals surface area contributed by atoms with Gasteiger partial charge in [-0.2, -0.15) is 0 Å². The van der Waals surface area contributed by atoms with Gasteiger partial charge in [0.05, 0.1) is 24.2 Å². The Morgan fingerprint density at radius 2 is 1.58 bits per heavy atom. The van der Waals surface area contributed by atoms with Crippen molar-refractivity contribution in [2.75, 3.05) is 6.61 Å². The normalized spacial score (nSPS) is 44.2. The summed E-state index contributed by atoms with van der Waals surface area (Å²) in [5.41, 5.74) is -7.92. The fourth-order valence-electron chi connectivity index (χ4n) is 10.4. The number of allylic oxidation sites excluding steroid dienone is 3. The first-order valence-electron chi connectivity index (χ1n) is 17.7. The molecule has 0 radical (unpaired) electrons. The van der Waals surface area contributed by atoms with Crippen LogP contribution in [0.15, 0.2) is 35.6 Å². The van der Waals surface area contributed by atoms with Crippen LogP contribution < -0.4 is 0 Å². The van der Waals surface area contributed by atoms with E-state index in [2.05, 4.69) is 0 Å². The predicted octanol–water partition coefficient (Wildman–Crippen LogP) is 0.420. The number of esters is 1. The first kappa shape index (κ1) is 40.4. The highest BCUT2D eigenvalue weighted by molar-refractivity contribution is 6.02. The average Bonchev–Trinajstić information content (AvgIpc) is 3.23. The monoisotopic (exact) mass is 734 g/mol. The summed E-state index contributed by atoms with van der Waals surface area (Å²) in [6.45, 7) is 13.4. The molecule has 1 heterocycles. The van der Waals surface area contributed by atoms with Crippen molar-refractivity contribution < 1.29 is 69.1 Å². The van der Waals surface area contributed by atoms with Crippen molar-refractivity contribution in [1.29, 1.82) is 0 Å². The van der Waals surface area contributed by atoms with Crippen LogP contribution in [0.3, 0.4) is 0 Å². The molecule has 0 bridgehead atoms. The van der Waals surface area contributed by atoms with E-state index in [1.165, 1.54) is 26.0 Å². The van der Waals surface area contributed by atoms with Crippen molar-refractivity contribution in [1.82, 2.24) is 0 Å². The van der Waals surface area contributed by atoms with Crippen LogP contribution >= 0.6 is 0 Å². The largest absolute Gasteiger partial charge is 0.459 e. The van der Waals surface area contributed by atoms with E-state index < -0.39 is 118 Å². The minimum Gasteiger partial charge on any atom is -0.459 e. The van der Waals surface area contributed by atoms with Gasteiger partial charge in [-0.3, -0.25) is 19.2 Å². The quantitative estimate of drug-likeness (QED) is 0.102. The number of hydrogen-bond donors (Lipinski definition) is 7. The third kappa shape index (κ3) is 5.85. The summed E-state index contributed by atoms with van der Waals surface area (Å²) in [6.07, 6.45) is -5.45. The second-order valence-electron chi connectivity index (χ2n) is 17.4. The molecule has 2 unspecified atom stereocenters. The Hall–Kier alpha value is -2.82. The summed E-state index contributed by atoms with van der Waals surface area (Å²) in [7, 11) is 0. The molecule has 4 aliphatic carbocycles. The molecule has 0 aromatic carbocycles. The van der Waals surface area contributed by atoms with E-state index in [1.54, 1.807) is 47.6 Å². The van der Waals surface area contributed by atoms with Crippen LogP contribution in [-0.2, 0) is 33.4 Å². The molecule has 0 aromatic heterocycles. The first-order valence-corrected chi connectivity index (χ1v) is 17.7. The molecule has 290 valence electrons. The number of carbonyl (C=O) groups excluding carboxylic acids is 4. The second kappa shape index (κ2) is 12.9. The third-order valence-corrected chi connectivity index (χ3v) is 13.2. The Bertz CT molecular complexity index is 1610. The van der Waals surface area contributed by atoms with Crippen LogP contribution in [0.1, 0.15) is 75.2 Å². The van der Waals surface area contributed by atoms with E-state index in [9.17, 15) is 54.9 Å².